The number of hydrogen-bond donors (Lipinski definition) is 3. The summed E-state index contributed by atoms with van der Waals surface area (Å²) in [5.41, 5.74) is 2.35. The molecule has 0 bridgehead atoms. The summed E-state index contributed by atoms with van der Waals surface area (Å²) < 4.78 is 0. The summed E-state index contributed by atoms with van der Waals surface area (Å²) in [7, 11) is 0. The van der Waals surface area contributed by atoms with Gasteiger partial charge in [-0.3, -0.25) is 4.79 Å². The summed E-state index contributed by atoms with van der Waals surface area (Å²) in [5.74, 6) is -0.777. The lowest BCUT2D eigenvalue weighted by molar-refractivity contribution is -0.139. The SMILES string of the molecule is CC(C)(C)CCC(NCc1cccc2[nH]ccc12)C(=O)O. The van der Waals surface area contributed by atoms with Crippen molar-refractivity contribution < 1.29 is 9.90 Å². The second kappa shape index (κ2) is 6.31. The van der Waals surface area contributed by atoms with Crippen molar-refractivity contribution in [1.29, 1.82) is 0 Å². The minimum Gasteiger partial charge on any atom is -0.480 e. The van der Waals surface area contributed by atoms with E-state index in [1.165, 1.54) is 0 Å². The molecule has 0 aliphatic rings. The number of benzene rings is 1. The molecule has 0 fully saturated rings. The molecule has 1 heterocycles. The molecule has 1 aromatic heterocycles. The largest absolute Gasteiger partial charge is 0.480 e. The predicted molar refractivity (Wildman–Crippen MR) is 85.3 cm³/mol. The molecule has 1 unspecified atom stereocenters. The van der Waals surface area contributed by atoms with Crippen LogP contribution in [0.15, 0.2) is 30.5 Å². The van der Waals surface area contributed by atoms with Gasteiger partial charge in [0.05, 0.1) is 0 Å². The molecular formula is C17H24N2O2. The van der Waals surface area contributed by atoms with Gasteiger partial charge in [0.1, 0.15) is 6.04 Å². The van der Waals surface area contributed by atoms with E-state index in [0.29, 0.717) is 13.0 Å². The van der Waals surface area contributed by atoms with Crippen molar-refractivity contribution in [2.75, 3.05) is 0 Å². The number of rotatable bonds is 6. The number of hydrogen-bond acceptors (Lipinski definition) is 2. The summed E-state index contributed by atoms with van der Waals surface area (Å²) in [6.07, 6.45) is 3.43. The van der Waals surface area contributed by atoms with Crippen LogP contribution in [0.4, 0.5) is 0 Å². The Morgan fingerprint density at radius 3 is 2.76 bits per heavy atom. The van der Waals surface area contributed by atoms with Crippen molar-refractivity contribution in [2.24, 2.45) is 5.41 Å². The maximum Gasteiger partial charge on any atom is 0.320 e. The monoisotopic (exact) mass is 288 g/mol. The second-order valence-electron chi connectivity index (χ2n) is 6.73. The molecule has 0 aliphatic carbocycles. The minimum absolute atomic E-state index is 0.149. The molecule has 0 saturated carbocycles. The lowest BCUT2D eigenvalue weighted by atomic mass is 9.88. The summed E-state index contributed by atoms with van der Waals surface area (Å²) in [6.45, 7) is 6.96. The van der Waals surface area contributed by atoms with E-state index in [2.05, 4.69) is 31.1 Å². The Balaban J connectivity index is 2.01. The Kier molecular flexibility index (Phi) is 4.68. The quantitative estimate of drug-likeness (QED) is 0.761. The normalized spacial score (nSPS) is 13.5. The van der Waals surface area contributed by atoms with Crippen molar-refractivity contribution in [1.82, 2.24) is 10.3 Å². The molecule has 21 heavy (non-hydrogen) atoms. The van der Waals surface area contributed by atoms with Gasteiger partial charge < -0.3 is 15.4 Å². The Morgan fingerprint density at radius 2 is 2.10 bits per heavy atom. The first-order valence-corrected chi connectivity index (χ1v) is 7.38. The number of aliphatic carboxylic acids is 1. The molecule has 4 nitrogen and oxygen atoms in total. The van der Waals surface area contributed by atoms with Crippen LogP contribution in [0.2, 0.25) is 0 Å². The predicted octanol–water partition coefficient (Wildman–Crippen LogP) is 3.54. The number of nitrogens with one attached hydrogen (secondary N) is 2. The van der Waals surface area contributed by atoms with E-state index in [9.17, 15) is 9.90 Å². The number of fused-ring (bicyclic) bond motifs is 1. The van der Waals surface area contributed by atoms with Gasteiger partial charge in [0, 0.05) is 23.6 Å². The van der Waals surface area contributed by atoms with Gasteiger partial charge >= 0.3 is 5.97 Å². The van der Waals surface area contributed by atoms with E-state index in [1.54, 1.807) is 0 Å². The number of carboxylic acid groups (broad SMARTS) is 1. The van der Waals surface area contributed by atoms with Crippen LogP contribution >= 0.6 is 0 Å². The Morgan fingerprint density at radius 1 is 1.33 bits per heavy atom. The first kappa shape index (κ1) is 15.6. The molecular weight excluding hydrogens is 264 g/mol. The third-order valence-corrected chi connectivity index (χ3v) is 3.71. The summed E-state index contributed by atoms with van der Waals surface area (Å²) >= 11 is 0. The van der Waals surface area contributed by atoms with E-state index in [4.69, 9.17) is 0 Å². The van der Waals surface area contributed by atoms with E-state index >= 15 is 0 Å². The van der Waals surface area contributed by atoms with Crippen molar-refractivity contribution >= 4 is 16.9 Å². The van der Waals surface area contributed by atoms with Crippen LogP contribution < -0.4 is 5.32 Å². The van der Waals surface area contributed by atoms with Crippen LogP contribution in [-0.2, 0) is 11.3 Å². The summed E-state index contributed by atoms with van der Waals surface area (Å²) in [4.78, 5) is 14.6. The highest BCUT2D eigenvalue weighted by Gasteiger charge is 2.20. The number of aromatic amines is 1. The second-order valence-corrected chi connectivity index (χ2v) is 6.73. The minimum atomic E-state index is -0.777. The zero-order valence-electron chi connectivity index (χ0n) is 12.9. The number of carboxylic acids is 1. The van der Waals surface area contributed by atoms with Crippen LogP contribution in [0.5, 0.6) is 0 Å². The third-order valence-electron chi connectivity index (χ3n) is 3.71. The van der Waals surface area contributed by atoms with Crippen molar-refractivity contribution in [2.45, 2.75) is 46.2 Å². The van der Waals surface area contributed by atoms with Gasteiger partial charge in [-0.05, 0) is 36.0 Å². The molecule has 1 atom stereocenters. The molecule has 114 valence electrons. The maximum absolute atomic E-state index is 11.4. The van der Waals surface area contributed by atoms with E-state index < -0.39 is 12.0 Å². The van der Waals surface area contributed by atoms with Gasteiger partial charge in [0.25, 0.3) is 0 Å². The Bertz CT molecular complexity index is 611. The molecule has 0 saturated heterocycles. The van der Waals surface area contributed by atoms with Gasteiger partial charge in [-0.2, -0.15) is 0 Å². The van der Waals surface area contributed by atoms with Crippen LogP contribution in [0.1, 0.15) is 39.2 Å². The topological polar surface area (TPSA) is 65.1 Å². The van der Waals surface area contributed by atoms with E-state index in [0.717, 1.165) is 22.9 Å². The van der Waals surface area contributed by atoms with E-state index in [1.807, 2.05) is 30.5 Å². The smallest absolute Gasteiger partial charge is 0.320 e. The Labute approximate surface area is 125 Å². The van der Waals surface area contributed by atoms with Gasteiger partial charge in [-0.15, -0.1) is 0 Å². The number of H-pyrrole nitrogens is 1. The molecule has 1 aromatic carbocycles. The highest BCUT2D eigenvalue weighted by atomic mass is 16.4. The Hall–Kier alpha value is -1.81. The summed E-state index contributed by atoms with van der Waals surface area (Å²) in [5, 5.41) is 13.7. The fourth-order valence-corrected chi connectivity index (χ4v) is 2.43. The van der Waals surface area contributed by atoms with Crippen LogP contribution in [0.3, 0.4) is 0 Å². The third kappa shape index (κ3) is 4.33. The molecule has 0 spiro atoms. The summed E-state index contributed by atoms with van der Waals surface area (Å²) in [6, 6.07) is 7.57. The van der Waals surface area contributed by atoms with Crippen molar-refractivity contribution in [3.8, 4) is 0 Å². The number of carbonyl (C=O) groups is 1. The van der Waals surface area contributed by atoms with Gasteiger partial charge in [0.2, 0.25) is 0 Å². The van der Waals surface area contributed by atoms with Crippen molar-refractivity contribution in [3.05, 3.63) is 36.0 Å². The fraction of sp³-hybridized carbons (Fsp3) is 0.471. The molecule has 4 heteroatoms. The zero-order valence-corrected chi connectivity index (χ0v) is 12.9. The molecule has 0 amide bonds. The van der Waals surface area contributed by atoms with E-state index in [-0.39, 0.29) is 5.41 Å². The lowest BCUT2D eigenvalue weighted by Gasteiger charge is -2.21. The average molecular weight is 288 g/mol. The first-order chi connectivity index (χ1) is 9.87. The molecule has 0 aliphatic heterocycles. The van der Waals surface area contributed by atoms with Gasteiger partial charge in [0.15, 0.2) is 0 Å². The zero-order chi connectivity index (χ0) is 15.5. The van der Waals surface area contributed by atoms with Crippen LogP contribution in [0.25, 0.3) is 10.9 Å². The fourth-order valence-electron chi connectivity index (χ4n) is 2.43. The lowest BCUT2D eigenvalue weighted by Crippen LogP contribution is -2.37. The van der Waals surface area contributed by atoms with Crippen LogP contribution in [0, 0.1) is 5.41 Å². The maximum atomic E-state index is 11.4. The van der Waals surface area contributed by atoms with Gasteiger partial charge in [-0.1, -0.05) is 32.9 Å². The van der Waals surface area contributed by atoms with Crippen LogP contribution in [-0.4, -0.2) is 22.1 Å². The molecule has 0 radical (unpaired) electrons. The highest BCUT2D eigenvalue weighted by Crippen LogP contribution is 2.22. The van der Waals surface area contributed by atoms with Crippen molar-refractivity contribution in [3.63, 3.8) is 0 Å². The molecule has 2 rings (SSSR count). The molecule has 3 N–H and O–H groups in total. The number of aromatic nitrogens is 1. The van der Waals surface area contributed by atoms with Gasteiger partial charge in [-0.25, -0.2) is 0 Å². The molecule has 2 aromatic rings. The standard InChI is InChI=1S/C17H24N2O2/c1-17(2,3)9-7-15(16(20)21)19-11-12-5-4-6-14-13(12)8-10-18-14/h4-6,8,10,15,18-19H,7,9,11H2,1-3H3,(H,20,21). The average Bonchev–Trinajstić information content (AvgIpc) is 2.85. The highest BCUT2D eigenvalue weighted by molar-refractivity contribution is 5.83. The first-order valence-electron chi connectivity index (χ1n) is 7.38.